The zero-order chi connectivity index (χ0) is 28.9. The molecule has 2 aromatic carbocycles. The van der Waals surface area contributed by atoms with E-state index in [0.29, 0.717) is 38.6 Å². The van der Waals surface area contributed by atoms with Crippen molar-refractivity contribution in [3.8, 4) is 0 Å². The van der Waals surface area contributed by atoms with Crippen LogP contribution in [0.2, 0.25) is 0 Å². The highest BCUT2D eigenvalue weighted by Crippen LogP contribution is 2.25. The number of carbonyl (C=O) groups is 3. The summed E-state index contributed by atoms with van der Waals surface area (Å²) in [6.07, 6.45) is 6.26. The van der Waals surface area contributed by atoms with Gasteiger partial charge in [-0.05, 0) is 55.7 Å². The van der Waals surface area contributed by atoms with E-state index in [9.17, 15) is 19.5 Å². The van der Waals surface area contributed by atoms with Crippen LogP contribution in [-0.4, -0.2) is 53.1 Å². The van der Waals surface area contributed by atoms with E-state index >= 15 is 0 Å². The summed E-state index contributed by atoms with van der Waals surface area (Å²) in [6, 6.07) is 17.0. The van der Waals surface area contributed by atoms with E-state index in [1.54, 1.807) is 24.0 Å². The second-order valence-corrected chi connectivity index (χ2v) is 10.5. The number of aliphatic hydroxyl groups excluding tert-OH is 1. The van der Waals surface area contributed by atoms with Gasteiger partial charge in [-0.3, -0.25) is 14.4 Å². The van der Waals surface area contributed by atoms with Crippen LogP contribution in [0.15, 0.2) is 79.9 Å². The fourth-order valence-corrected chi connectivity index (χ4v) is 5.10. The first-order valence-corrected chi connectivity index (χ1v) is 14.1. The van der Waals surface area contributed by atoms with Gasteiger partial charge in [-0.25, -0.2) is 0 Å². The highest BCUT2D eigenvalue weighted by molar-refractivity contribution is 5.86. The van der Waals surface area contributed by atoms with Crippen LogP contribution >= 0.6 is 0 Å². The van der Waals surface area contributed by atoms with E-state index < -0.39 is 12.0 Å². The third kappa shape index (κ3) is 8.91. The topological polar surface area (TPSA) is 95.9 Å². The third-order valence-electron chi connectivity index (χ3n) is 7.37. The predicted molar refractivity (Wildman–Crippen MR) is 156 cm³/mol. The Morgan fingerprint density at radius 3 is 2.42 bits per heavy atom. The molecule has 0 aromatic heterocycles. The number of allylic oxidation sites excluding steroid dienone is 2. The Hall–Kier alpha value is -3.71. The molecule has 0 radical (unpaired) electrons. The number of rotatable bonds is 15. The molecule has 3 rings (SSSR count). The third-order valence-corrected chi connectivity index (χ3v) is 7.37. The summed E-state index contributed by atoms with van der Waals surface area (Å²) in [5.41, 5.74) is 3.25. The average Bonchev–Trinajstić information content (AvgIpc) is 2.97. The molecule has 0 bridgehead atoms. The summed E-state index contributed by atoms with van der Waals surface area (Å²) < 4.78 is 5.60. The predicted octanol–water partition coefficient (Wildman–Crippen LogP) is 4.39. The molecule has 2 amide bonds. The van der Waals surface area contributed by atoms with Crippen molar-refractivity contribution in [2.75, 3.05) is 13.2 Å². The van der Waals surface area contributed by atoms with Gasteiger partial charge in [-0.2, -0.15) is 0 Å². The lowest BCUT2D eigenvalue weighted by atomic mass is 9.92. The van der Waals surface area contributed by atoms with Crippen LogP contribution in [0.25, 0.3) is 0 Å². The minimum atomic E-state index is -0.613. The molecule has 0 unspecified atom stereocenters. The Bertz CT molecular complexity index is 1150. The molecule has 0 spiro atoms. The van der Waals surface area contributed by atoms with Crippen LogP contribution in [-0.2, 0) is 38.5 Å². The average molecular weight is 547 g/mol. The number of nitrogens with zero attached hydrogens (tertiary/aromatic N) is 1. The van der Waals surface area contributed by atoms with Crippen molar-refractivity contribution < 1.29 is 24.2 Å². The molecule has 0 saturated heterocycles. The van der Waals surface area contributed by atoms with Gasteiger partial charge in [0, 0.05) is 13.0 Å². The number of esters is 1. The number of aliphatic hydroxyl groups is 1. The molecule has 7 heteroatoms. The molecule has 214 valence electrons. The zero-order valence-electron chi connectivity index (χ0n) is 23.5. The van der Waals surface area contributed by atoms with E-state index in [1.165, 1.54) is 0 Å². The number of hydrogen-bond donors (Lipinski definition) is 2. The first-order valence-electron chi connectivity index (χ1n) is 14.1. The zero-order valence-corrected chi connectivity index (χ0v) is 23.5. The van der Waals surface area contributed by atoms with Crippen molar-refractivity contribution in [2.24, 2.45) is 11.8 Å². The van der Waals surface area contributed by atoms with Gasteiger partial charge >= 0.3 is 5.97 Å². The Kier molecular flexibility index (Phi) is 12.2. The fourth-order valence-electron chi connectivity index (χ4n) is 5.10. The van der Waals surface area contributed by atoms with E-state index in [4.69, 9.17) is 4.74 Å². The number of carbonyl (C=O) groups excluding carboxylic acids is 3. The van der Waals surface area contributed by atoms with Crippen molar-refractivity contribution in [3.63, 3.8) is 0 Å². The van der Waals surface area contributed by atoms with E-state index in [0.717, 1.165) is 16.7 Å². The smallest absolute Gasteiger partial charge is 0.309 e. The van der Waals surface area contributed by atoms with Gasteiger partial charge in [-0.1, -0.05) is 66.7 Å². The maximum Gasteiger partial charge on any atom is 0.309 e. The van der Waals surface area contributed by atoms with Gasteiger partial charge < -0.3 is 20.1 Å². The monoisotopic (exact) mass is 546 g/mol. The van der Waals surface area contributed by atoms with Crippen LogP contribution in [0.1, 0.15) is 49.3 Å². The molecule has 0 aliphatic carbocycles. The van der Waals surface area contributed by atoms with Crippen LogP contribution < -0.4 is 5.32 Å². The molecule has 4 atom stereocenters. The summed E-state index contributed by atoms with van der Waals surface area (Å²) >= 11 is 0. The SMILES string of the molecule is C=CCC[C@H](Cc1ccccc1)C(=O)OC[C@H](C)NC(=O)[C@@H](CC=C)CC(=O)N1Cc2ccccc2C[C@H]1CO. The van der Waals surface area contributed by atoms with Crippen LogP contribution in [0.5, 0.6) is 0 Å². The van der Waals surface area contributed by atoms with Crippen LogP contribution in [0.4, 0.5) is 0 Å². The van der Waals surface area contributed by atoms with Gasteiger partial charge in [0.1, 0.15) is 6.61 Å². The van der Waals surface area contributed by atoms with Crippen molar-refractivity contribution in [3.05, 3.63) is 96.6 Å². The number of ether oxygens (including phenoxy) is 1. The van der Waals surface area contributed by atoms with E-state index in [1.807, 2.05) is 54.6 Å². The lowest BCUT2D eigenvalue weighted by molar-refractivity contribution is -0.150. The van der Waals surface area contributed by atoms with Gasteiger partial charge in [0.2, 0.25) is 11.8 Å². The summed E-state index contributed by atoms with van der Waals surface area (Å²) in [7, 11) is 0. The highest BCUT2D eigenvalue weighted by atomic mass is 16.5. The van der Waals surface area contributed by atoms with Crippen LogP contribution in [0.3, 0.4) is 0 Å². The molecule has 2 N–H and O–H groups in total. The molecule has 2 aromatic rings. The van der Waals surface area contributed by atoms with E-state index in [-0.39, 0.29) is 49.4 Å². The molecule has 40 heavy (non-hydrogen) atoms. The molecular weight excluding hydrogens is 504 g/mol. The maximum absolute atomic E-state index is 13.3. The van der Waals surface area contributed by atoms with E-state index in [2.05, 4.69) is 18.5 Å². The quantitative estimate of drug-likeness (QED) is 0.255. The summed E-state index contributed by atoms with van der Waals surface area (Å²) in [5, 5.41) is 12.8. The standard InChI is InChI=1S/C33H42N2O5/c1-4-6-15-28(18-25-13-8-7-9-14-25)33(39)40-23-24(3)34-32(38)27(12-5-2)20-31(37)35-21-29-17-11-10-16-26(29)19-30(35)22-36/h4-5,7-11,13-14,16-17,24,27-28,30,36H,1-2,6,12,15,18-23H2,3H3,(H,34,38)/t24-,27-,28+,30-/m0/s1. The molecule has 1 aliphatic heterocycles. The molecule has 1 heterocycles. The summed E-state index contributed by atoms with van der Waals surface area (Å²) in [6.45, 7) is 9.60. The van der Waals surface area contributed by atoms with Gasteiger partial charge in [0.05, 0.1) is 30.5 Å². The molecular formula is C33H42N2O5. The Labute approximate surface area is 237 Å². The largest absolute Gasteiger partial charge is 0.463 e. The Balaban J connectivity index is 1.55. The lowest BCUT2D eigenvalue weighted by Crippen LogP contribution is -2.48. The first-order chi connectivity index (χ1) is 19.4. The van der Waals surface area contributed by atoms with Gasteiger partial charge in [-0.15, -0.1) is 13.2 Å². The molecule has 0 fully saturated rings. The number of hydrogen-bond acceptors (Lipinski definition) is 5. The molecule has 1 aliphatic rings. The minimum absolute atomic E-state index is 0.00370. The van der Waals surface area contributed by atoms with Crippen molar-refractivity contribution in [1.29, 1.82) is 0 Å². The first kappa shape index (κ1) is 30.8. The molecule has 0 saturated carbocycles. The summed E-state index contributed by atoms with van der Waals surface area (Å²) in [4.78, 5) is 41.0. The normalized spacial score (nSPS) is 16.6. The van der Waals surface area contributed by atoms with Gasteiger partial charge in [0.15, 0.2) is 0 Å². The Morgan fingerprint density at radius 2 is 1.75 bits per heavy atom. The van der Waals surface area contributed by atoms with Crippen LogP contribution in [0, 0.1) is 11.8 Å². The van der Waals surface area contributed by atoms with Crippen molar-refractivity contribution in [2.45, 2.75) is 64.1 Å². The van der Waals surface area contributed by atoms with Gasteiger partial charge in [0.25, 0.3) is 0 Å². The number of fused-ring (bicyclic) bond motifs is 1. The van der Waals surface area contributed by atoms with Crippen molar-refractivity contribution in [1.82, 2.24) is 10.2 Å². The second-order valence-electron chi connectivity index (χ2n) is 10.5. The molecule has 7 nitrogen and oxygen atoms in total. The van der Waals surface area contributed by atoms with Crippen molar-refractivity contribution >= 4 is 17.8 Å². The number of benzene rings is 2. The summed E-state index contributed by atoms with van der Waals surface area (Å²) in [5.74, 6) is -1.69. The maximum atomic E-state index is 13.3. The Morgan fingerprint density at radius 1 is 1.05 bits per heavy atom. The second kappa shape index (κ2) is 15.8. The minimum Gasteiger partial charge on any atom is -0.463 e. The lowest BCUT2D eigenvalue weighted by Gasteiger charge is -2.36. The highest BCUT2D eigenvalue weighted by Gasteiger charge is 2.32. The number of nitrogens with one attached hydrogen (secondary N) is 1. The fraction of sp³-hybridized carbons (Fsp3) is 0.424. The number of amides is 2.